The van der Waals surface area contributed by atoms with Crippen molar-refractivity contribution in [2.45, 2.75) is 12.5 Å². The van der Waals surface area contributed by atoms with Gasteiger partial charge < -0.3 is 31.4 Å². The van der Waals surface area contributed by atoms with Crippen molar-refractivity contribution in [2.75, 3.05) is 39.5 Å². The number of amides is 1. The predicted octanol–water partition coefficient (Wildman–Crippen LogP) is -2.10. The fourth-order valence-corrected chi connectivity index (χ4v) is 1.06. The summed E-state index contributed by atoms with van der Waals surface area (Å²) in [5.74, 6) is -1.61. The summed E-state index contributed by atoms with van der Waals surface area (Å²) in [6.45, 7) is 2.42. The molecule has 0 heterocycles. The van der Waals surface area contributed by atoms with Gasteiger partial charge in [0.25, 0.3) is 0 Å². The molecule has 0 aliphatic heterocycles. The van der Waals surface area contributed by atoms with Crippen molar-refractivity contribution in [3.8, 4) is 0 Å². The molecule has 0 spiro atoms. The first-order valence-corrected chi connectivity index (χ1v) is 5.68. The van der Waals surface area contributed by atoms with Gasteiger partial charge in [-0.1, -0.05) is 0 Å². The highest BCUT2D eigenvalue weighted by molar-refractivity contribution is 5.85. The third-order valence-electron chi connectivity index (χ3n) is 1.91. The first-order chi connectivity index (χ1) is 8.57. The second kappa shape index (κ2) is 10.9. The lowest BCUT2D eigenvalue weighted by Gasteiger charge is -2.10. The maximum absolute atomic E-state index is 11.3. The molecular weight excluding hydrogens is 242 g/mol. The molecule has 0 bridgehead atoms. The summed E-state index contributed by atoms with van der Waals surface area (Å²) >= 11 is 0. The molecule has 0 radical (unpaired) electrons. The van der Waals surface area contributed by atoms with Crippen LogP contribution >= 0.6 is 0 Å². The van der Waals surface area contributed by atoms with E-state index in [4.69, 9.17) is 26.0 Å². The van der Waals surface area contributed by atoms with Gasteiger partial charge in [-0.05, 0) is 0 Å². The van der Waals surface area contributed by atoms with E-state index in [0.29, 0.717) is 33.0 Å². The van der Waals surface area contributed by atoms with Crippen LogP contribution in [0, 0.1) is 0 Å². The minimum Gasteiger partial charge on any atom is -0.481 e. The molecular formula is C10H21N3O5. The number of aliphatic carboxylic acids is 1. The van der Waals surface area contributed by atoms with Gasteiger partial charge in [0.05, 0.1) is 38.9 Å². The molecule has 0 aliphatic rings. The highest BCUT2D eigenvalue weighted by Gasteiger charge is 2.15. The Morgan fingerprint density at radius 2 is 1.78 bits per heavy atom. The van der Waals surface area contributed by atoms with Gasteiger partial charge >= 0.3 is 5.97 Å². The van der Waals surface area contributed by atoms with Crippen molar-refractivity contribution in [2.24, 2.45) is 11.5 Å². The highest BCUT2D eigenvalue weighted by atomic mass is 16.5. The van der Waals surface area contributed by atoms with Crippen LogP contribution in [-0.4, -0.2) is 62.5 Å². The van der Waals surface area contributed by atoms with E-state index in [9.17, 15) is 9.59 Å². The number of ether oxygens (including phenoxy) is 2. The van der Waals surface area contributed by atoms with Gasteiger partial charge in [-0.2, -0.15) is 0 Å². The molecule has 0 aromatic heterocycles. The molecule has 0 saturated heterocycles. The molecule has 6 N–H and O–H groups in total. The van der Waals surface area contributed by atoms with E-state index in [0.717, 1.165) is 0 Å². The average molecular weight is 263 g/mol. The first-order valence-electron chi connectivity index (χ1n) is 5.68. The minimum atomic E-state index is -1.11. The van der Waals surface area contributed by atoms with Crippen molar-refractivity contribution < 1.29 is 24.2 Å². The lowest BCUT2D eigenvalue weighted by atomic mass is 10.2. The Bertz CT molecular complexity index is 250. The number of nitrogens with one attached hydrogen (secondary N) is 1. The summed E-state index contributed by atoms with van der Waals surface area (Å²) in [5, 5.41) is 10.9. The number of carboxylic acids is 1. The van der Waals surface area contributed by atoms with Crippen LogP contribution in [0.1, 0.15) is 6.42 Å². The van der Waals surface area contributed by atoms with E-state index in [-0.39, 0.29) is 13.0 Å². The Balaban J connectivity index is 3.37. The molecule has 0 rings (SSSR count). The van der Waals surface area contributed by atoms with E-state index < -0.39 is 17.9 Å². The fraction of sp³-hybridized carbons (Fsp3) is 0.800. The van der Waals surface area contributed by atoms with Crippen LogP contribution in [0.2, 0.25) is 0 Å². The van der Waals surface area contributed by atoms with Crippen LogP contribution < -0.4 is 16.8 Å². The monoisotopic (exact) mass is 263 g/mol. The van der Waals surface area contributed by atoms with E-state index in [1.54, 1.807) is 0 Å². The summed E-state index contributed by atoms with van der Waals surface area (Å²) in [4.78, 5) is 21.6. The molecule has 0 saturated carbocycles. The average Bonchev–Trinajstić information content (AvgIpc) is 2.31. The highest BCUT2D eigenvalue weighted by Crippen LogP contribution is 1.87. The smallest absolute Gasteiger partial charge is 0.305 e. The normalized spacial score (nSPS) is 12.1. The van der Waals surface area contributed by atoms with Crippen molar-refractivity contribution in [1.29, 1.82) is 0 Å². The quantitative estimate of drug-likeness (QED) is 0.313. The van der Waals surface area contributed by atoms with Gasteiger partial charge in [0.15, 0.2) is 0 Å². The van der Waals surface area contributed by atoms with Gasteiger partial charge in [-0.3, -0.25) is 9.59 Å². The second-order valence-electron chi connectivity index (χ2n) is 3.51. The van der Waals surface area contributed by atoms with Crippen LogP contribution in [0.5, 0.6) is 0 Å². The molecule has 18 heavy (non-hydrogen) atoms. The van der Waals surface area contributed by atoms with Crippen LogP contribution in [0.15, 0.2) is 0 Å². The van der Waals surface area contributed by atoms with Crippen molar-refractivity contribution in [3.05, 3.63) is 0 Å². The van der Waals surface area contributed by atoms with E-state index in [1.165, 1.54) is 0 Å². The molecule has 8 nitrogen and oxygen atoms in total. The number of carbonyl (C=O) groups is 2. The molecule has 0 aliphatic carbocycles. The summed E-state index contributed by atoms with van der Waals surface area (Å²) in [6, 6.07) is -1.03. The summed E-state index contributed by atoms with van der Waals surface area (Å²) in [7, 11) is 0. The number of carbonyl (C=O) groups excluding carboxylic acids is 1. The van der Waals surface area contributed by atoms with Crippen LogP contribution in [0.4, 0.5) is 0 Å². The Morgan fingerprint density at radius 1 is 1.17 bits per heavy atom. The number of hydrogen-bond donors (Lipinski definition) is 4. The third kappa shape index (κ3) is 9.97. The lowest BCUT2D eigenvalue weighted by molar-refractivity contribution is -0.139. The van der Waals surface area contributed by atoms with Crippen molar-refractivity contribution in [1.82, 2.24) is 5.32 Å². The van der Waals surface area contributed by atoms with E-state index in [2.05, 4.69) is 5.32 Å². The molecule has 1 atom stereocenters. The van der Waals surface area contributed by atoms with Crippen LogP contribution in [0.3, 0.4) is 0 Å². The molecule has 8 heteroatoms. The first kappa shape index (κ1) is 16.8. The van der Waals surface area contributed by atoms with Gasteiger partial charge in [0.1, 0.15) is 0 Å². The third-order valence-corrected chi connectivity index (χ3v) is 1.91. The number of hydrogen-bond acceptors (Lipinski definition) is 6. The van der Waals surface area contributed by atoms with E-state index >= 15 is 0 Å². The molecule has 0 fully saturated rings. The number of carboxylic acid groups (broad SMARTS) is 1. The Morgan fingerprint density at radius 3 is 2.33 bits per heavy atom. The van der Waals surface area contributed by atoms with Crippen molar-refractivity contribution >= 4 is 11.9 Å². The maximum atomic E-state index is 11.3. The SMILES string of the molecule is NCCOCCOCCNC(=O)[C@@H](N)CC(=O)O. The van der Waals surface area contributed by atoms with Gasteiger partial charge in [0, 0.05) is 13.1 Å². The Labute approximate surface area is 106 Å². The lowest BCUT2D eigenvalue weighted by Crippen LogP contribution is -2.43. The summed E-state index contributed by atoms with van der Waals surface area (Å²) in [6.07, 6.45) is -0.389. The van der Waals surface area contributed by atoms with Crippen LogP contribution in [0.25, 0.3) is 0 Å². The summed E-state index contributed by atoms with van der Waals surface area (Å²) in [5.41, 5.74) is 10.6. The standard InChI is InChI=1S/C10H21N3O5/c11-1-3-17-5-6-18-4-2-13-10(16)8(12)7-9(14)15/h8H,1-7,11-12H2,(H,13,16)(H,14,15)/t8-/m0/s1. The second-order valence-corrected chi connectivity index (χ2v) is 3.51. The topological polar surface area (TPSA) is 137 Å². The zero-order chi connectivity index (χ0) is 13.8. The Kier molecular flexibility index (Phi) is 10.2. The molecule has 0 aromatic rings. The van der Waals surface area contributed by atoms with Crippen molar-refractivity contribution in [3.63, 3.8) is 0 Å². The largest absolute Gasteiger partial charge is 0.481 e. The minimum absolute atomic E-state index is 0.281. The van der Waals surface area contributed by atoms with Gasteiger partial charge in [-0.25, -0.2) is 0 Å². The number of rotatable bonds is 11. The zero-order valence-electron chi connectivity index (χ0n) is 10.3. The fourth-order valence-electron chi connectivity index (χ4n) is 1.06. The predicted molar refractivity (Wildman–Crippen MR) is 63.9 cm³/mol. The van der Waals surface area contributed by atoms with Gasteiger partial charge in [0.2, 0.25) is 5.91 Å². The zero-order valence-corrected chi connectivity index (χ0v) is 10.3. The summed E-state index contributed by atoms with van der Waals surface area (Å²) < 4.78 is 10.2. The maximum Gasteiger partial charge on any atom is 0.305 e. The molecule has 0 aromatic carbocycles. The van der Waals surface area contributed by atoms with Crippen LogP contribution in [-0.2, 0) is 19.1 Å². The molecule has 1 amide bonds. The number of nitrogens with two attached hydrogens (primary N) is 2. The Hall–Kier alpha value is -1.22. The molecule has 0 unspecified atom stereocenters. The van der Waals surface area contributed by atoms with Gasteiger partial charge in [-0.15, -0.1) is 0 Å². The molecule has 106 valence electrons. The van der Waals surface area contributed by atoms with E-state index in [1.807, 2.05) is 0 Å².